The highest BCUT2D eigenvalue weighted by atomic mass is 32.2. The lowest BCUT2D eigenvalue weighted by Gasteiger charge is -2.22. The van der Waals surface area contributed by atoms with E-state index >= 15 is 0 Å². The van der Waals surface area contributed by atoms with Gasteiger partial charge in [-0.15, -0.1) is 11.8 Å². The van der Waals surface area contributed by atoms with E-state index in [-0.39, 0.29) is 0 Å². The third kappa shape index (κ3) is 2.73. The van der Waals surface area contributed by atoms with Gasteiger partial charge in [0, 0.05) is 16.2 Å². The second kappa shape index (κ2) is 4.54. The lowest BCUT2D eigenvalue weighted by Crippen LogP contribution is -2.40. The van der Waals surface area contributed by atoms with Gasteiger partial charge in [0.05, 0.1) is 4.90 Å². The number of nitrogens with one attached hydrogen (secondary N) is 1. The number of fused-ring (bicyclic) bond motifs is 1. The van der Waals surface area contributed by atoms with E-state index in [0.29, 0.717) is 4.90 Å². The van der Waals surface area contributed by atoms with Gasteiger partial charge in [-0.3, -0.25) is 0 Å². The van der Waals surface area contributed by atoms with E-state index in [1.165, 1.54) is 0 Å². The number of benzene rings is 1. The van der Waals surface area contributed by atoms with Crippen molar-refractivity contribution >= 4 is 21.8 Å². The van der Waals surface area contributed by atoms with Crippen LogP contribution in [0.3, 0.4) is 0 Å². The molecule has 0 aromatic heterocycles. The first kappa shape index (κ1) is 13.9. The van der Waals surface area contributed by atoms with Gasteiger partial charge in [0.2, 0.25) is 10.0 Å². The average Bonchev–Trinajstić information content (AvgIpc) is 2.60. The third-order valence-electron chi connectivity index (χ3n) is 2.72. The SMILES string of the molecule is Cc1ccc2c(c1S(=O)(=O)NC(C)(C)C)SCC2. The van der Waals surface area contributed by atoms with Crippen molar-refractivity contribution in [3.8, 4) is 0 Å². The van der Waals surface area contributed by atoms with Crippen LogP contribution < -0.4 is 4.72 Å². The van der Waals surface area contributed by atoms with Crippen LogP contribution in [-0.4, -0.2) is 19.7 Å². The summed E-state index contributed by atoms with van der Waals surface area (Å²) in [6.07, 6.45) is 0.957. The first-order valence-corrected chi connectivity index (χ1v) is 8.47. The van der Waals surface area contributed by atoms with Gasteiger partial charge in [-0.25, -0.2) is 13.1 Å². The van der Waals surface area contributed by atoms with Crippen LogP contribution in [0.4, 0.5) is 0 Å². The van der Waals surface area contributed by atoms with Crippen molar-refractivity contribution in [3.05, 3.63) is 23.3 Å². The maximum absolute atomic E-state index is 12.5. The largest absolute Gasteiger partial charge is 0.242 e. The van der Waals surface area contributed by atoms with Crippen molar-refractivity contribution < 1.29 is 8.42 Å². The van der Waals surface area contributed by atoms with Crippen LogP contribution in [0.15, 0.2) is 21.9 Å². The van der Waals surface area contributed by atoms with Gasteiger partial charge in [0.15, 0.2) is 0 Å². The molecule has 1 heterocycles. The first-order chi connectivity index (χ1) is 8.21. The van der Waals surface area contributed by atoms with Crippen LogP contribution >= 0.6 is 11.8 Å². The smallest absolute Gasteiger partial charge is 0.207 e. The Kier molecular flexibility index (Phi) is 3.51. The van der Waals surface area contributed by atoms with Crippen LogP contribution in [0.1, 0.15) is 31.9 Å². The van der Waals surface area contributed by atoms with E-state index in [1.54, 1.807) is 11.8 Å². The Morgan fingerprint density at radius 3 is 2.56 bits per heavy atom. The highest BCUT2D eigenvalue weighted by molar-refractivity contribution is 8.00. The minimum absolute atomic E-state index is 0.461. The Bertz CT molecular complexity index is 571. The number of aryl methyl sites for hydroxylation is 2. The summed E-state index contributed by atoms with van der Waals surface area (Å²) in [6, 6.07) is 3.95. The normalized spacial score (nSPS) is 15.8. The molecule has 0 unspecified atom stereocenters. The third-order valence-corrected chi connectivity index (χ3v) is 5.95. The molecule has 0 atom stereocenters. The molecular weight excluding hydrogens is 266 g/mol. The zero-order valence-electron chi connectivity index (χ0n) is 11.2. The number of hydrogen-bond acceptors (Lipinski definition) is 3. The maximum atomic E-state index is 12.5. The van der Waals surface area contributed by atoms with Crippen molar-refractivity contribution in [2.24, 2.45) is 0 Å². The summed E-state index contributed by atoms with van der Waals surface area (Å²) in [5.41, 5.74) is 1.51. The van der Waals surface area contributed by atoms with E-state index in [2.05, 4.69) is 4.72 Å². The van der Waals surface area contributed by atoms with E-state index in [9.17, 15) is 8.42 Å². The van der Waals surface area contributed by atoms with E-state index in [4.69, 9.17) is 0 Å². The second-order valence-corrected chi connectivity index (χ2v) is 8.38. The molecule has 0 spiro atoms. The molecule has 5 heteroatoms. The summed E-state index contributed by atoms with van der Waals surface area (Å²) in [5, 5.41) is 0. The van der Waals surface area contributed by atoms with Gasteiger partial charge in [-0.05, 0) is 45.2 Å². The molecule has 2 rings (SSSR count). The van der Waals surface area contributed by atoms with Crippen LogP contribution in [0, 0.1) is 6.92 Å². The molecule has 3 nitrogen and oxygen atoms in total. The Balaban J connectivity index is 2.55. The van der Waals surface area contributed by atoms with Gasteiger partial charge in [0.1, 0.15) is 0 Å². The van der Waals surface area contributed by atoms with Crippen LogP contribution in [0.2, 0.25) is 0 Å². The minimum atomic E-state index is -3.44. The van der Waals surface area contributed by atoms with Crippen LogP contribution in [-0.2, 0) is 16.4 Å². The van der Waals surface area contributed by atoms with Crippen LogP contribution in [0.25, 0.3) is 0 Å². The minimum Gasteiger partial charge on any atom is -0.207 e. The second-order valence-electron chi connectivity index (χ2n) is 5.65. The highest BCUT2D eigenvalue weighted by Crippen LogP contribution is 2.38. The number of sulfonamides is 1. The van der Waals surface area contributed by atoms with Gasteiger partial charge in [-0.1, -0.05) is 12.1 Å². The van der Waals surface area contributed by atoms with E-state index in [0.717, 1.165) is 28.2 Å². The van der Waals surface area contributed by atoms with E-state index in [1.807, 2.05) is 39.8 Å². The van der Waals surface area contributed by atoms with Gasteiger partial charge < -0.3 is 0 Å². The summed E-state index contributed by atoms with van der Waals surface area (Å²) in [4.78, 5) is 1.41. The Morgan fingerprint density at radius 2 is 1.94 bits per heavy atom. The Morgan fingerprint density at radius 1 is 1.28 bits per heavy atom. The molecule has 1 aliphatic heterocycles. The van der Waals surface area contributed by atoms with Crippen LogP contribution in [0.5, 0.6) is 0 Å². The zero-order chi connectivity index (χ0) is 13.6. The van der Waals surface area contributed by atoms with Gasteiger partial charge >= 0.3 is 0 Å². The van der Waals surface area contributed by atoms with Crippen molar-refractivity contribution in [1.29, 1.82) is 0 Å². The fourth-order valence-corrected chi connectivity index (χ4v) is 5.56. The topological polar surface area (TPSA) is 46.2 Å². The Hall–Kier alpha value is -0.520. The van der Waals surface area contributed by atoms with Crippen molar-refractivity contribution in [3.63, 3.8) is 0 Å². The molecule has 1 N–H and O–H groups in total. The number of thioether (sulfide) groups is 1. The molecule has 0 aliphatic carbocycles. The molecule has 1 aliphatic rings. The predicted octanol–water partition coefficient (Wildman–Crippen LogP) is 2.72. The summed E-state index contributed by atoms with van der Waals surface area (Å²) >= 11 is 1.64. The molecule has 0 bridgehead atoms. The lowest BCUT2D eigenvalue weighted by molar-refractivity contribution is 0.490. The highest BCUT2D eigenvalue weighted by Gasteiger charge is 2.29. The maximum Gasteiger partial charge on any atom is 0.242 e. The lowest BCUT2D eigenvalue weighted by atomic mass is 10.1. The fourth-order valence-electron chi connectivity index (χ4n) is 2.11. The summed E-state index contributed by atoms with van der Waals surface area (Å²) in [7, 11) is -3.44. The zero-order valence-corrected chi connectivity index (χ0v) is 12.8. The molecule has 0 saturated heterocycles. The Labute approximate surface area is 113 Å². The summed E-state index contributed by atoms with van der Waals surface area (Å²) in [6.45, 7) is 7.43. The van der Waals surface area contributed by atoms with Crippen molar-refractivity contribution in [2.75, 3.05) is 5.75 Å². The molecule has 1 aromatic carbocycles. The average molecular weight is 285 g/mol. The quantitative estimate of drug-likeness (QED) is 0.909. The summed E-state index contributed by atoms with van der Waals surface area (Å²) in [5.74, 6) is 0.969. The molecule has 18 heavy (non-hydrogen) atoms. The number of hydrogen-bond donors (Lipinski definition) is 1. The van der Waals surface area contributed by atoms with Crippen molar-refractivity contribution in [2.45, 2.75) is 49.4 Å². The molecule has 0 amide bonds. The monoisotopic (exact) mass is 285 g/mol. The number of rotatable bonds is 2. The molecular formula is C13H19NO2S2. The predicted molar refractivity (Wildman–Crippen MR) is 75.7 cm³/mol. The van der Waals surface area contributed by atoms with Gasteiger partial charge in [-0.2, -0.15) is 0 Å². The van der Waals surface area contributed by atoms with Gasteiger partial charge in [0.25, 0.3) is 0 Å². The molecule has 0 radical (unpaired) electrons. The molecule has 0 saturated carbocycles. The molecule has 1 aromatic rings. The fraction of sp³-hybridized carbons (Fsp3) is 0.538. The molecule has 100 valence electrons. The molecule has 0 fully saturated rings. The standard InChI is InChI=1S/C13H19NO2S2/c1-9-5-6-10-7-8-17-11(10)12(9)18(15,16)14-13(2,3)4/h5-6,14H,7-8H2,1-4H3. The summed E-state index contributed by atoms with van der Waals surface area (Å²) < 4.78 is 27.7. The van der Waals surface area contributed by atoms with E-state index < -0.39 is 15.6 Å². The van der Waals surface area contributed by atoms with Crippen molar-refractivity contribution in [1.82, 2.24) is 4.72 Å². The first-order valence-electron chi connectivity index (χ1n) is 6.00.